The van der Waals surface area contributed by atoms with Gasteiger partial charge in [0.25, 0.3) is 0 Å². The molecule has 0 bridgehead atoms. The summed E-state index contributed by atoms with van der Waals surface area (Å²) in [6.45, 7) is 6.12. The van der Waals surface area contributed by atoms with Crippen LogP contribution in [0.4, 0.5) is 0 Å². The van der Waals surface area contributed by atoms with Crippen molar-refractivity contribution in [2.75, 3.05) is 6.61 Å². The summed E-state index contributed by atoms with van der Waals surface area (Å²) in [4.78, 5) is 16.4. The van der Waals surface area contributed by atoms with Crippen molar-refractivity contribution in [3.05, 3.63) is 11.7 Å². The number of rotatable bonds is 6. The Morgan fingerprint density at radius 1 is 1.36 bits per heavy atom. The molecule has 1 aromatic rings. The number of aliphatic hydroxyl groups excluding tert-OH is 1. The Balaban J connectivity index is 1.76. The highest BCUT2D eigenvalue weighted by molar-refractivity contribution is 5.76. The number of nitrogens with zero attached hydrogens (tertiary/aromatic N) is 2. The average Bonchev–Trinajstić information content (AvgIpc) is 3.08. The first-order chi connectivity index (χ1) is 10.3. The highest BCUT2D eigenvalue weighted by atomic mass is 16.5. The third-order valence-electron chi connectivity index (χ3n) is 4.20. The number of hydrogen-bond donors (Lipinski definition) is 2. The van der Waals surface area contributed by atoms with Crippen LogP contribution in [0, 0.1) is 0 Å². The summed E-state index contributed by atoms with van der Waals surface area (Å²) in [6, 6.07) is 0. The standard InChI is InChI=1S/C16H27N3O3/c1-15(2,3)14-17-13(22-19-14)8-6-7-12(21)18-16(11-20)9-4-5-10-16/h20H,4-11H2,1-3H3,(H,18,21). The molecule has 1 saturated carbocycles. The van der Waals surface area contributed by atoms with Crippen molar-refractivity contribution in [1.82, 2.24) is 15.5 Å². The first-order valence-corrected chi connectivity index (χ1v) is 8.10. The van der Waals surface area contributed by atoms with Crippen LogP contribution in [0.5, 0.6) is 0 Å². The fraction of sp³-hybridized carbons (Fsp3) is 0.812. The maximum atomic E-state index is 12.0. The lowest BCUT2D eigenvalue weighted by Crippen LogP contribution is -2.49. The first-order valence-electron chi connectivity index (χ1n) is 8.10. The molecule has 1 heterocycles. The Labute approximate surface area is 131 Å². The number of aliphatic hydroxyl groups is 1. The number of aromatic nitrogens is 2. The number of amides is 1. The third kappa shape index (κ3) is 4.29. The van der Waals surface area contributed by atoms with Crippen LogP contribution in [-0.4, -0.2) is 33.3 Å². The van der Waals surface area contributed by atoms with Gasteiger partial charge in [-0.05, 0) is 19.3 Å². The van der Waals surface area contributed by atoms with Gasteiger partial charge in [-0.2, -0.15) is 4.98 Å². The zero-order chi connectivity index (χ0) is 16.2. The first kappa shape index (κ1) is 16.9. The maximum absolute atomic E-state index is 12.0. The van der Waals surface area contributed by atoms with E-state index in [-0.39, 0.29) is 23.5 Å². The zero-order valence-corrected chi connectivity index (χ0v) is 13.8. The second-order valence-electron chi connectivity index (χ2n) is 7.31. The Morgan fingerprint density at radius 2 is 2.05 bits per heavy atom. The molecule has 0 atom stereocenters. The van der Waals surface area contributed by atoms with E-state index in [4.69, 9.17) is 4.52 Å². The molecule has 2 N–H and O–H groups in total. The second-order valence-corrected chi connectivity index (χ2v) is 7.31. The quantitative estimate of drug-likeness (QED) is 0.840. The molecule has 1 fully saturated rings. The maximum Gasteiger partial charge on any atom is 0.226 e. The van der Waals surface area contributed by atoms with Crippen LogP contribution in [0.25, 0.3) is 0 Å². The van der Waals surface area contributed by atoms with E-state index < -0.39 is 0 Å². The summed E-state index contributed by atoms with van der Waals surface area (Å²) in [7, 11) is 0. The molecule has 0 unspecified atom stereocenters. The predicted octanol–water partition coefficient (Wildman–Crippen LogP) is 2.11. The van der Waals surface area contributed by atoms with Gasteiger partial charge in [-0.3, -0.25) is 4.79 Å². The summed E-state index contributed by atoms with van der Waals surface area (Å²) in [5, 5.41) is 16.5. The highest BCUT2D eigenvalue weighted by Gasteiger charge is 2.34. The van der Waals surface area contributed by atoms with Gasteiger partial charge in [0.15, 0.2) is 5.82 Å². The molecule has 6 heteroatoms. The largest absolute Gasteiger partial charge is 0.394 e. The molecule has 0 aliphatic heterocycles. The molecule has 1 aliphatic carbocycles. The highest BCUT2D eigenvalue weighted by Crippen LogP contribution is 2.29. The smallest absolute Gasteiger partial charge is 0.226 e. The van der Waals surface area contributed by atoms with Crippen molar-refractivity contribution in [3.63, 3.8) is 0 Å². The van der Waals surface area contributed by atoms with Gasteiger partial charge in [-0.25, -0.2) is 0 Å². The fourth-order valence-corrected chi connectivity index (χ4v) is 2.79. The van der Waals surface area contributed by atoms with Crippen molar-refractivity contribution in [1.29, 1.82) is 0 Å². The fourth-order valence-electron chi connectivity index (χ4n) is 2.79. The van der Waals surface area contributed by atoms with Gasteiger partial charge < -0.3 is 14.9 Å². The van der Waals surface area contributed by atoms with Gasteiger partial charge in [0.1, 0.15) is 0 Å². The van der Waals surface area contributed by atoms with Gasteiger partial charge in [-0.15, -0.1) is 0 Å². The van der Waals surface area contributed by atoms with E-state index in [9.17, 15) is 9.90 Å². The van der Waals surface area contributed by atoms with E-state index in [1.807, 2.05) is 20.8 Å². The average molecular weight is 309 g/mol. The van der Waals surface area contributed by atoms with Gasteiger partial charge >= 0.3 is 0 Å². The number of aryl methyl sites for hydroxylation is 1. The van der Waals surface area contributed by atoms with Crippen LogP contribution in [0.3, 0.4) is 0 Å². The molecular formula is C16H27N3O3. The normalized spacial score (nSPS) is 17.6. The molecular weight excluding hydrogens is 282 g/mol. The Morgan fingerprint density at radius 3 is 2.59 bits per heavy atom. The lowest BCUT2D eigenvalue weighted by Gasteiger charge is -2.27. The Bertz CT molecular complexity index is 499. The minimum absolute atomic E-state index is 0.00786. The lowest BCUT2D eigenvalue weighted by molar-refractivity contribution is -0.123. The number of carbonyl (C=O) groups is 1. The summed E-state index contributed by atoms with van der Waals surface area (Å²) in [5.41, 5.74) is -0.518. The van der Waals surface area contributed by atoms with Crippen molar-refractivity contribution in [2.45, 2.75) is 76.7 Å². The molecule has 0 spiro atoms. The molecule has 124 valence electrons. The van der Waals surface area contributed by atoms with E-state index >= 15 is 0 Å². The van der Waals surface area contributed by atoms with Crippen LogP contribution in [0.15, 0.2) is 4.52 Å². The van der Waals surface area contributed by atoms with E-state index in [1.165, 1.54) is 0 Å². The van der Waals surface area contributed by atoms with Crippen molar-refractivity contribution >= 4 is 5.91 Å². The van der Waals surface area contributed by atoms with Crippen LogP contribution in [0.1, 0.15) is 71.0 Å². The number of carbonyl (C=O) groups excluding carboxylic acids is 1. The number of nitrogens with one attached hydrogen (secondary N) is 1. The van der Waals surface area contributed by atoms with E-state index in [2.05, 4.69) is 15.5 Å². The van der Waals surface area contributed by atoms with Gasteiger partial charge in [0.2, 0.25) is 11.8 Å². The summed E-state index contributed by atoms with van der Waals surface area (Å²) >= 11 is 0. The van der Waals surface area contributed by atoms with Crippen molar-refractivity contribution < 1.29 is 14.4 Å². The third-order valence-corrected chi connectivity index (χ3v) is 4.20. The molecule has 22 heavy (non-hydrogen) atoms. The predicted molar refractivity (Wildman–Crippen MR) is 82.4 cm³/mol. The molecule has 1 amide bonds. The van der Waals surface area contributed by atoms with E-state index in [0.717, 1.165) is 25.7 Å². The SMILES string of the molecule is CC(C)(C)c1noc(CCCC(=O)NC2(CO)CCCC2)n1. The summed E-state index contributed by atoms with van der Waals surface area (Å²) in [6.07, 6.45) is 5.55. The minimum Gasteiger partial charge on any atom is -0.394 e. The molecule has 0 aromatic carbocycles. The zero-order valence-electron chi connectivity index (χ0n) is 13.8. The molecule has 6 nitrogen and oxygen atoms in total. The molecule has 0 radical (unpaired) electrons. The van der Waals surface area contributed by atoms with Gasteiger partial charge in [0.05, 0.1) is 12.1 Å². The summed E-state index contributed by atoms with van der Waals surface area (Å²) < 4.78 is 5.21. The Hall–Kier alpha value is -1.43. The van der Waals surface area contributed by atoms with Crippen LogP contribution < -0.4 is 5.32 Å². The number of hydrogen-bond acceptors (Lipinski definition) is 5. The molecule has 1 aliphatic rings. The molecule has 0 saturated heterocycles. The Kier molecular flexibility index (Phi) is 5.21. The molecule has 2 rings (SSSR count). The van der Waals surface area contributed by atoms with Gasteiger partial charge in [-0.1, -0.05) is 38.8 Å². The van der Waals surface area contributed by atoms with Crippen LogP contribution >= 0.6 is 0 Å². The van der Waals surface area contributed by atoms with Crippen molar-refractivity contribution in [3.8, 4) is 0 Å². The van der Waals surface area contributed by atoms with Crippen LogP contribution in [-0.2, 0) is 16.6 Å². The lowest BCUT2D eigenvalue weighted by atomic mass is 9.96. The topological polar surface area (TPSA) is 88.2 Å². The minimum atomic E-state index is -0.388. The second kappa shape index (κ2) is 6.77. The summed E-state index contributed by atoms with van der Waals surface area (Å²) in [5.74, 6) is 1.26. The van der Waals surface area contributed by atoms with E-state index in [0.29, 0.717) is 31.0 Å². The van der Waals surface area contributed by atoms with E-state index in [1.54, 1.807) is 0 Å². The van der Waals surface area contributed by atoms with Crippen molar-refractivity contribution in [2.24, 2.45) is 0 Å². The van der Waals surface area contributed by atoms with Crippen LogP contribution in [0.2, 0.25) is 0 Å². The van der Waals surface area contributed by atoms with Gasteiger partial charge in [0, 0.05) is 18.3 Å². The monoisotopic (exact) mass is 309 g/mol. The molecule has 1 aromatic heterocycles.